The Kier molecular flexibility index (Phi) is 4.58. The number of hydrogen-bond acceptors (Lipinski definition) is 3. The van der Waals surface area contributed by atoms with Gasteiger partial charge in [0.25, 0.3) is 5.91 Å². The summed E-state index contributed by atoms with van der Waals surface area (Å²) in [6.45, 7) is 1.02. The van der Waals surface area contributed by atoms with Crippen molar-refractivity contribution in [3.05, 3.63) is 70.4 Å². The summed E-state index contributed by atoms with van der Waals surface area (Å²) in [6, 6.07) is 13.8. The zero-order valence-electron chi connectivity index (χ0n) is 16.4. The molecule has 2 aliphatic rings. The van der Waals surface area contributed by atoms with Crippen molar-refractivity contribution >= 4 is 22.8 Å². The highest BCUT2D eigenvalue weighted by molar-refractivity contribution is 5.97. The molecule has 0 saturated heterocycles. The first-order valence-corrected chi connectivity index (χ1v) is 10.3. The van der Waals surface area contributed by atoms with Crippen LogP contribution in [-0.2, 0) is 35.3 Å². The first-order chi connectivity index (χ1) is 14.2. The maximum atomic E-state index is 12.6. The Balaban J connectivity index is 1.25. The minimum Gasteiger partial charge on any atom is -0.452 e. The van der Waals surface area contributed by atoms with E-state index in [9.17, 15) is 9.59 Å². The van der Waals surface area contributed by atoms with Crippen molar-refractivity contribution in [2.75, 3.05) is 13.2 Å². The molecule has 1 amide bonds. The van der Waals surface area contributed by atoms with Crippen molar-refractivity contribution in [1.82, 2.24) is 9.88 Å². The van der Waals surface area contributed by atoms with Crippen molar-refractivity contribution in [2.45, 2.75) is 38.6 Å². The van der Waals surface area contributed by atoms with E-state index in [2.05, 4.69) is 11.1 Å². The average molecular weight is 388 g/mol. The molecule has 5 nitrogen and oxygen atoms in total. The van der Waals surface area contributed by atoms with E-state index in [1.54, 1.807) is 11.0 Å². The Morgan fingerprint density at radius 2 is 1.83 bits per heavy atom. The molecule has 0 unspecified atom stereocenters. The molecule has 2 heterocycles. The van der Waals surface area contributed by atoms with Crippen LogP contribution in [0.4, 0.5) is 0 Å². The molecule has 0 radical (unpaired) electrons. The molecule has 0 atom stereocenters. The minimum absolute atomic E-state index is 0.145. The normalized spacial score (nSPS) is 15.7. The van der Waals surface area contributed by atoms with Crippen molar-refractivity contribution in [3.8, 4) is 0 Å². The van der Waals surface area contributed by atoms with E-state index in [0.29, 0.717) is 18.7 Å². The zero-order chi connectivity index (χ0) is 19.8. The van der Waals surface area contributed by atoms with Crippen LogP contribution in [0.5, 0.6) is 0 Å². The molecule has 3 aromatic rings. The van der Waals surface area contributed by atoms with Crippen molar-refractivity contribution in [3.63, 3.8) is 0 Å². The van der Waals surface area contributed by atoms with Crippen LogP contribution in [0.25, 0.3) is 10.9 Å². The molecule has 0 spiro atoms. The highest BCUT2D eigenvalue weighted by Crippen LogP contribution is 2.30. The average Bonchev–Trinajstić information content (AvgIpc) is 3.14. The quantitative estimate of drug-likeness (QED) is 0.695. The molecule has 0 bridgehead atoms. The largest absolute Gasteiger partial charge is 0.452 e. The highest BCUT2D eigenvalue weighted by atomic mass is 16.5. The van der Waals surface area contributed by atoms with Gasteiger partial charge >= 0.3 is 5.97 Å². The summed E-state index contributed by atoms with van der Waals surface area (Å²) in [4.78, 5) is 30.3. The second-order valence-corrected chi connectivity index (χ2v) is 7.96. The number of rotatable bonds is 3. The number of aryl methyl sites for hydroxylation is 2. The van der Waals surface area contributed by atoms with Gasteiger partial charge in [0.15, 0.2) is 6.61 Å². The molecule has 5 heteroatoms. The maximum Gasteiger partial charge on any atom is 0.338 e. The first-order valence-electron chi connectivity index (χ1n) is 10.3. The number of ether oxygens (including phenoxy) is 1. The standard InChI is InChI=1S/C24H24N2O3/c27-23(26-12-11-16-5-1-2-6-18(16)14-26)15-29-24(28)17-9-10-22-20(13-17)19-7-3-4-8-21(19)25-22/h1-2,5-6,9-10,13,25H,3-4,7-8,11-12,14-15H2. The van der Waals surface area contributed by atoms with Crippen molar-refractivity contribution < 1.29 is 14.3 Å². The van der Waals surface area contributed by atoms with Gasteiger partial charge in [0, 0.05) is 29.7 Å². The van der Waals surface area contributed by atoms with Crippen LogP contribution in [0.3, 0.4) is 0 Å². The summed E-state index contributed by atoms with van der Waals surface area (Å²) >= 11 is 0. The van der Waals surface area contributed by atoms with E-state index < -0.39 is 5.97 Å². The molecular formula is C24H24N2O3. The molecule has 148 valence electrons. The van der Waals surface area contributed by atoms with Gasteiger partial charge in [0.1, 0.15) is 0 Å². The fraction of sp³-hybridized carbons (Fsp3) is 0.333. The number of nitrogens with one attached hydrogen (secondary N) is 1. The SMILES string of the molecule is O=C(OCC(=O)N1CCc2ccccc2C1)c1ccc2[nH]c3c(c2c1)CCCC3. The van der Waals surface area contributed by atoms with E-state index >= 15 is 0 Å². The zero-order valence-corrected chi connectivity index (χ0v) is 16.4. The molecule has 2 aromatic carbocycles. The minimum atomic E-state index is -0.441. The summed E-state index contributed by atoms with van der Waals surface area (Å²) in [5, 5.41) is 1.10. The van der Waals surface area contributed by atoms with E-state index in [-0.39, 0.29) is 12.5 Å². The lowest BCUT2D eigenvalue weighted by atomic mass is 9.95. The van der Waals surface area contributed by atoms with Gasteiger partial charge < -0.3 is 14.6 Å². The molecule has 1 N–H and O–H groups in total. The van der Waals surface area contributed by atoms with Crippen LogP contribution in [0.1, 0.15) is 45.6 Å². The highest BCUT2D eigenvalue weighted by Gasteiger charge is 2.22. The molecule has 1 aromatic heterocycles. The number of esters is 1. The number of carbonyl (C=O) groups excluding carboxylic acids is 2. The summed E-state index contributed by atoms with van der Waals surface area (Å²) in [5.74, 6) is -0.587. The third-order valence-corrected chi connectivity index (χ3v) is 6.14. The van der Waals surface area contributed by atoms with Crippen molar-refractivity contribution in [2.24, 2.45) is 0 Å². The number of aromatic amines is 1. The van der Waals surface area contributed by atoms with Gasteiger partial charge in [0.05, 0.1) is 5.56 Å². The van der Waals surface area contributed by atoms with Crippen LogP contribution < -0.4 is 0 Å². The van der Waals surface area contributed by atoms with Crippen LogP contribution in [0.15, 0.2) is 42.5 Å². The van der Waals surface area contributed by atoms with E-state index in [4.69, 9.17) is 4.74 Å². The number of carbonyl (C=O) groups is 2. The third kappa shape index (κ3) is 3.41. The summed E-state index contributed by atoms with van der Waals surface area (Å²) in [5.41, 5.74) is 6.64. The number of benzene rings is 2. The van der Waals surface area contributed by atoms with E-state index in [1.165, 1.54) is 35.2 Å². The molecular weight excluding hydrogens is 364 g/mol. The van der Waals surface area contributed by atoms with Gasteiger partial charge in [-0.2, -0.15) is 0 Å². The Morgan fingerprint density at radius 1 is 1.00 bits per heavy atom. The van der Waals surface area contributed by atoms with Crippen LogP contribution >= 0.6 is 0 Å². The van der Waals surface area contributed by atoms with Crippen LogP contribution in [-0.4, -0.2) is 34.9 Å². The predicted octanol–water partition coefficient (Wildman–Crippen LogP) is 3.79. The van der Waals surface area contributed by atoms with Crippen LogP contribution in [0.2, 0.25) is 0 Å². The van der Waals surface area contributed by atoms with Crippen LogP contribution in [0, 0.1) is 0 Å². The third-order valence-electron chi connectivity index (χ3n) is 6.14. The Morgan fingerprint density at radius 3 is 2.72 bits per heavy atom. The number of fused-ring (bicyclic) bond motifs is 4. The Bertz CT molecular complexity index is 1100. The first kappa shape index (κ1) is 18.0. The molecule has 0 saturated carbocycles. The lowest BCUT2D eigenvalue weighted by Gasteiger charge is -2.28. The van der Waals surface area contributed by atoms with Gasteiger partial charge in [0.2, 0.25) is 0 Å². The lowest BCUT2D eigenvalue weighted by molar-refractivity contribution is -0.135. The van der Waals surface area contributed by atoms with Crippen molar-refractivity contribution in [1.29, 1.82) is 0 Å². The lowest BCUT2D eigenvalue weighted by Crippen LogP contribution is -2.38. The van der Waals surface area contributed by atoms with Gasteiger partial charge in [-0.15, -0.1) is 0 Å². The molecule has 0 fully saturated rings. The fourth-order valence-corrected chi connectivity index (χ4v) is 4.54. The van der Waals surface area contributed by atoms with E-state index in [1.807, 2.05) is 30.3 Å². The number of hydrogen-bond donors (Lipinski definition) is 1. The Labute approximate surface area is 169 Å². The summed E-state index contributed by atoms with van der Waals surface area (Å²) in [7, 11) is 0. The number of amides is 1. The monoisotopic (exact) mass is 388 g/mol. The number of nitrogens with zero attached hydrogens (tertiary/aromatic N) is 1. The van der Waals surface area contributed by atoms with Gasteiger partial charge in [-0.3, -0.25) is 4.79 Å². The summed E-state index contributed by atoms with van der Waals surface area (Å²) < 4.78 is 5.36. The number of H-pyrrole nitrogens is 1. The molecule has 5 rings (SSSR count). The van der Waals surface area contributed by atoms with Gasteiger partial charge in [-0.1, -0.05) is 24.3 Å². The second kappa shape index (κ2) is 7.39. The fourth-order valence-electron chi connectivity index (χ4n) is 4.54. The molecule has 1 aliphatic heterocycles. The molecule has 1 aliphatic carbocycles. The molecule has 29 heavy (non-hydrogen) atoms. The summed E-state index contributed by atoms with van der Waals surface area (Å²) in [6.07, 6.45) is 5.34. The predicted molar refractivity (Wildman–Crippen MR) is 111 cm³/mol. The maximum absolute atomic E-state index is 12.6. The smallest absolute Gasteiger partial charge is 0.338 e. The number of aromatic nitrogens is 1. The van der Waals surface area contributed by atoms with E-state index in [0.717, 1.165) is 30.2 Å². The van der Waals surface area contributed by atoms with Gasteiger partial charge in [-0.05, 0) is 67.0 Å². The van der Waals surface area contributed by atoms with Gasteiger partial charge in [-0.25, -0.2) is 4.79 Å². The Hall–Kier alpha value is -3.08. The topological polar surface area (TPSA) is 62.4 Å². The second-order valence-electron chi connectivity index (χ2n) is 7.96.